The Kier molecular flexibility index (Phi) is 596. The topological polar surface area (TPSA) is 31.5 Å². The molecule has 42 valence electrons. The summed E-state index contributed by atoms with van der Waals surface area (Å²) in [6.07, 6.45) is 0. The van der Waals surface area contributed by atoms with Crippen LogP contribution in [0.4, 0.5) is 0 Å². The van der Waals surface area contributed by atoms with E-state index in [-0.39, 0.29) is 92.0 Å². The van der Waals surface area contributed by atoms with E-state index in [1.807, 2.05) is 0 Å². The standard InChI is InChI=1S/Al.Co.Cu.Li.Ni.H2O/h;;;;;1H2. The van der Waals surface area contributed by atoms with Crippen LogP contribution in [-0.2, 0) is 50.3 Å². The van der Waals surface area contributed by atoms with Crippen LogP contribution < -0.4 is 0 Å². The van der Waals surface area contributed by atoms with Crippen molar-refractivity contribution in [1.29, 1.82) is 0 Å². The fourth-order valence-electron chi connectivity index (χ4n) is 0. The predicted molar refractivity (Wildman–Crippen MR) is 15.1 cm³/mol. The molecule has 0 heterocycles. The van der Waals surface area contributed by atoms with Crippen LogP contribution in [0.1, 0.15) is 0 Å². The second-order valence-corrected chi connectivity index (χ2v) is 0. The molecule has 2 N–H and O–H groups in total. The Bertz CT molecular complexity index is 15.5. The van der Waals surface area contributed by atoms with E-state index in [0.717, 1.165) is 0 Å². The summed E-state index contributed by atoms with van der Waals surface area (Å²) in [6.45, 7) is 0. The second kappa shape index (κ2) is 48.8. The van der Waals surface area contributed by atoms with E-state index in [0.29, 0.717) is 0 Å². The van der Waals surface area contributed by atoms with E-state index in [1.165, 1.54) is 0 Å². The predicted octanol–water partition coefficient (Wildman–Crippen LogP) is -1.59. The summed E-state index contributed by atoms with van der Waals surface area (Å²) >= 11 is 0. The molecule has 0 saturated heterocycles. The zero-order valence-electron chi connectivity index (χ0n) is 3.03. The van der Waals surface area contributed by atoms with E-state index >= 15 is 0 Å². The molecule has 0 saturated carbocycles. The van der Waals surface area contributed by atoms with Crippen LogP contribution in [0.25, 0.3) is 0 Å². The van der Waals surface area contributed by atoms with Gasteiger partial charge in [0.05, 0.1) is 0 Å². The fourth-order valence-corrected chi connectivity index (χ4v) is 0. The Morgan fingerprint density at radius 3 is 1.00 bits per heavy atom. The maximum atomic E-state index is 0. The number of hydrogen-bond donors (Lipinski definition) is 0. The van der Waals surface area contributed by atoms with E-state index in [1.54, 1.807) is 0 Å². The summed E-state index contributed by atoms with van der Waals surface area (Å²) in [5.74, 6) is 0. The van der Waals surface area contributed by atoms with Crippen LogP contribution in [0, 0.1) is 0 Å². The molecule has 0 aliphatic carbocycles. The number of rotatable bonds is 0. The molecule has 0 aliphatic rings. The molecule has 0 fully saturated rings. The van der Waals surface area contributed by atoms with E-state index < -0.39 is 0 Å². The van der Waals surface area contributed by atoms with Crippen molar-refractivity contribution in [2.45, 2.75) is 0 Å². The molecule has 0 aromatic carbocycles. The van der Waals surface area contributed by atoms with Gasteiger partial charge in [-0.1, -0.05) is 0 Å². The molecular weight excluding hydrogens is 231 g/mol. The van der Waals surface area contributed by atoms with E-state index in [4.69, 9.17) is 0 Å². The van der Waals surface area contributed by atoms with Gasteiger partial charge in [-0.25, -0.2) is 0 Å². The normalized spacial score (nSPS) is 0. The third-order valence-electron chi connectivity index (χ3n) is 0. The van der Waals surface area contributed by atoms with Crippen LogP contribution in [-0.4, -0.2) is 41.7 Å². The number of hydrogen-bond acceptors (Lipinski definition) is 0. The van der Waals surface area contributed by atoms with Crippen LogP contribution in [0.3, 0.4) is 0 Å². The van der Waals surface area contributed by atoms with Crippen molar-refractivity contribution in [3.05, 3.63) is 0 Å². The SMILES string of the molecule is O.[Al].[Co].[Cu].[Li].[Ni]. The summed E-state index contributed by atoms with van der Waals surface area (Å²) in [4.78, 5) is 0. The van der Waals surface area contributed by atoms with Gasteiger partial charge in [0.2, 0.25) is 0 Å². The molecule has 6 radical (unpaired) electrons. The minimum absolute atomic E-state index is 0. The average molecular weight is 233 g/mol. The smallest absolute Gasteiger partial charge is 0 e. The molecule has 0 unspecified atom stereocenters. The van der Waals surface area contributed by atoms with Gasteiger partial charge in [0.1, 0.15) is 0 Å². The first-order valence-corrected chi connectivity index (χ1v) is 0. The Morgan fingerprint density at radius 1 is 1.00 bits per heavy atom. The zero-order valence-corrected chi connectivity index (χ0v) is 7.15. The van der Waals surface area contributed by atoms with Crippen molar-refractivity contribution in [2.75, 3.05) is 0 Å². The molecule has 0 atom stereocenters. The van der Waals surface area contributed by atoms with Gasteiger partial charge < -0.3 is 5.48 Å². The average Bonchev–Trinajstić information content (AvgIpc) is 0. The molecule has 0 bridgehead atoms. The molecule has 1 nitrogen and oxygen atoms in total. The summed E-state index contributed by atoms with van der Waals surface area (Å²) in [5.41, 5.74) is 0. The van der Waals surface area contributed by atoms with E-state index in [2.05, 4.69) is 0 Å². The largest absolute Gasteiger partial charge is 0.412 e. The van der Waals surface area contributed by atoms with Gasteiger partial charge in [0.15, 0.2) is 0 Å². The Balaban J connectivity index is 0. The van der Waals surface area contributed by atoms with Crippen LogP contribution >= 0.6 is 0 Å². The third kappa shape index (κ3) is 30.5. The summed E-state index contributed by atoms with van der Waals surface area (Å²) in [7, 11) is 0. The molecular formula is H2AlCoCuLiNiO. The van der Waals surface area contributed by atoms with Crippen LogP contribution in [0.2, 0.25) is 0 Å². The van der Waals surface area contributed by atoms with Gasteiger partial charge in [-0.3, -0.25) is 0 Å². The molecule has 0 spiro atoms. The minimum Gasteiger partial charge on any atom is -0.412 e. The van der Waals surface area contributed by atoms with Gasteiger partial charge >= 0.3 is 0 Å². The van der Waals surface area contributed by atoms with Gasteiger partial charge in [-0.2, -0.15) is 0 Å². The Labute approximate surface area is 91.0 Å². The molecule has 0 rings (SSSR count). The van der Waals surface area contributed by atoms with Crippen molar-refractivity contribution in [2.24, 2.45) is 0 Å². The van der Waals surface area contributed by atoms with Crippen molar-refractivity contribution in [3.63, 3.8) is 0 Å². The van der Waals surface area contributed by atoms with E-state index in [9.17, 15) is 0 Å². The van der Waals surface area contributed by atoms with Crippen molar-refractivity contribution < 1.29 is 55.8 Å². The quantitative estimate of drug-likeness (QED) is 0.452. The first-order valence-electron chi connectivity index (χ1n) is 0. The second-order valence-electron chi connectivity index (χ2n) is 0. The summed E-state index contributed by atoms with van der Waals surface area (Å²) in [6, 6.07) is 0. The first-order chi connectivity index (χ1) is 0. The Hall–Kier alpha value is 2.61. The van der Waals surface area contributed by atoms with Crippen molar-refractivity contribution in [3.8, 4) is 0 Å². The zero-order chi connectivity index (χ0) is 0. The summed E-state index contributed by atoms with van der Waals surface area (Å²) in [5, 5.41) is 0. The monoisotopic (exact) mass is 232 g/mol. The van der Waals surface area contributed by atoms with Crippen LogP contribution in [0.15, 0.2) is 0 Å². The van der Waals surface area contributed by atoms with Crippen molar-refractivity contribution in [1.82, 2.24) is 0 Å². The molecule has 6 heavy (non-hydrogen) atoms. The van der Waals surface area contributed by atoms with Gasteiger partial charge in [0.25, 0.3) is 0 Å². The van der Waals surface area contributed by atoms with Gasteiger partial charge in [-0.15, -0.1) is 0 Å². The molecule has 0 aromatic rings. The third-order valence-corrected chi connectivity index (χ3v) is 0. The van der Waals surface area contributed by atoms with Crippen molar-refractivity contribution >= 4 is 36.2 Å². The van der Waals surface area contributed by atoms with Gasteiger partial charge in [-0.05, 0) is 0 Å². The minimum atomic E-state index is 0. The Morgan fingerprint density at radius 2 is 1.00 bits per heavy atom. The van der Waals surface area contributed by atoms with Crippen LogP contribution in [0.5, 0.6) is 0 Å². The molecule has 0 aromatic heterocycles. The fraction of sp³-hybridized carbons (Fsp3) is 0. The molecule has 0 amide bonds. The maximum absolute atomic E-state index is 0. The molecule has 6 heteroatoms. The summed E-state index contributed by atoms with van der Waals surface area (Å²) < 4.78 is 0. The first kappa shape index (κ1) is 73.2. The van der Waals surface area contributed by atoms with Gasteiger partial charge in [0, 0.05) is 86.6 Å². The maximum Gasteiger partial charge on any atom is 0 e. The molecule has 0 aliphatic heterocycles.